The van der Waals surface area contributed by atoms with Gasteiger partial charge in [-0.3, -0.25) is 4.90 Å². The van der Waals surface area contributed by atoms with Crippen molar-refractivity contribution in [1.82, 2.24) is 15.1 Å². The summed E-state index contributed by atoms with van der Waals surface area (Å²) in [5.74, 6) is 0.925. The molecular weight excluding hydrogens is 242 g/mol. The first-order chi connectivity index (χ1) is 9.24. The fourth-order valence-electron chi connectivity index (χ4n) is 3.25. The van der Waals surface area contributed by atoms with Gasteiger partial charge >= 0.3 is 6.09 Å². The fourth-order valence-corrected chi connectivity index (χ4v) is 3.25. The number of amides is 1. The van der Waals surface area contributed by atoms with Crippen molar-refractivity contribution in [2.24, 2.45) is 5.92 Å². The minimum Gasteiger partial charge on any atom is -0.465 e. The number of nitrogens with one attached hydrogen (secondary N) is 1. The molecule has 1 aliphatic carbocycles. The van der Waals surface area contributed by atoms with Gasteiger partial charge in [-0.1, -0.05) is 19.3 Å². The van der Waals surface area contributed by atoms with Crippen molar-refractivity contribution in [3.05, 3.63) is 0 Å². The van der Waals surface area contributed by atoms with E-state index in [1.807, 2.05) is 0 Å². The summed E-state index contributed by atoms with van der Waals surface area (Å²) >= 11 is 0. The molecule has 1 aliphatic heterocycles. The third-order valence-electron chi connectivity index (χ3n) is 4.41. The highest BCUT2D eigenvalue weighted by Crippen LogP contribution is 2.24. The normalized spacial score (nSPS) is 23.4. The summed E-state index contributed by atoms with van der Waals surface area (Å²) in [6.07, 6.45) is 6.19. The number of hydrogen-bond donors (Lipinski definition) is 2. The van der Waals surface area contributed by atoms with Crippen molar-refractivity contribution in [2.75, 3.05) is 45.8 Å². The Balaban J connectivity index is 1.58. The van der Waals surface area contributed by atoms with Gasteiger partial charge in [-0.15, -0.1) is 0 Å². The van der Waals surface area contributed by atoms with Crippen molar-refractivity contribution in [3.63, 3.8) is 0 Å². The van der Waals surface area contributed by atoms with Gasteiger partial charge in [-0.25, -0.2) is 4.79 Å². The van der Waals surface area contributed by atoms with E-state index in [1.165, 1.54) is 38.6 Å². The SMILES string of the molecule is O=C(O)NCCN1CCN(CC2CCCCC2)CC1. The molecule has 5 heteroatoms. The van der Waals surface area contributed by atoms with Crippen LogP contribution in [0.3, 0.4) is 0 Å². The first-order valence-corrected chi connectivity index (χ1v) is 7.65. The molecule has 0 bridgehead atoms. The second kappa shape index (κ2) is 7.70. The van der Waals surface area contributed by atoms with Crippen molar-refractivity contribution in [2.45, 2.75) is 32.1 Å². The minimum atomic E-state index is -0.920. The van der Waals surface area contributed by atoms with Gasteiger partial charge in [0.25, 0.3) is 0 Å². The fraction of sp³-hybridized carbons (Fsp3) is 0.929. The van der Waals surface area contributed by atoms with Gasteiger partial charge in [-0.2, -0.15) is 0 Å². The third kappa shape index (κ3) is 5.37. The van der Waals surface area contributed by atoms with Gasteiger partial charge < -0.3 is 15.3 Å². The van der Waals surface area contributed by atoms with E-state index in [0.29, 0.717) is 6.54 Å². The van der Waals surface area contributed by atoms with Crippen LogP contribution in [0.2, 0.25) is 0 Å². The molecule has 2 N–H and O–H groups in total. The predicted molar refractivity (Wildman–Crippen MR) is 75.5 cm³/mol. The Morgan fingerprint density at radius 2 is 1.68 bits per heavy atom. The third-order valence-corrected chi connectivity index (χ3v) is 4.41. The quantitative estimate of drug-likeness (QED) is 0.793. The Hall–Kier alpha value is -0.810. The van der Waals surface area contributed by atoms with Crippen molar-refractivity contribution < 1.29 is 9.90 Å². The Labute approximate surface area is 115 Å². The summed E-state index contributed by atoms with van der Waals surface area (Å²) in [5, 5.41) is 11.0. The van der Waals surface area contributed by atoms with Crippen molar-refractivity contribution in [3.8, 4) is 0 Å². The summed E-state index contributed by atoms with van der Waals surface area (Å²) in [5.41, 5.74) is 0. The maximum Gasteiger partial charge on any atom is 0.404 e. The van der Waals surface area contributed by atoms with Crippen LogP contribution in [0.25, 0.3) is 0 Å². The molecule has 0 unspecified atom stereocenters. The molecule has 2 aliphatic rings. The van der Waals surface area contributed by atoms with Crippen LogP contribution in [0, 0.1) is 5.92 Å². The predicted octanol–water partition coefficient (Wildman–Crippen LogP) is 1.45. The largest absolute Gasteiger partial charge is 0.465 e. The summed E-state index contributed by atoms with van der Waals surface area (Å²) in [6, 6.07) is 0. The van der Waals surface area contributed by atoms with E-state index in [-0.39, 0.29) is 0 Å². The molecular formula is C14H27N3O2. The maximum atomic E-state index is 10.4. The van der Waals surface area contributed by atoms with Gasteiger partial charge in [0, 0.05) is 45.8 Å². The highest BCUT2D eigenvalue weighted by Gasteiger charge is 2.21. The van der Waals surface area contributed by atoms with E-state index in [4.69, 9.17) is 5.11 Å². The Morgan fingerprint density at radius 1 is 1.05 bits per heavy atom. The van der Waals surface area contributed by atoms with Crippen LogP contribution < -0.4 is 5.32 Å². The lowest BCUT2D eigenvalue weighted by molar-refractivity contribution is 0.110. The topological polar surface area (TPSA) is 55.8 Å². The van der Waals surface area contributed by atoms with Crippen LogP contribution in [-0.2, 0) is 0 Å². The maximum absolute atomic E-state index is 10.4. The summed E-state index contributed by atoms with van der Waals surface area (Å²) in [4.78, 5) is 15.3. The lowest BCUT2D eigenvalue weighted by atomic mass is 9.89. The second-order valence-electron chi connectivity index (χ2n) is 5.88. The van der Waals surface area contributed by atoms with Gasteiger partial charge in [0.1, 0.15) is 0 Å². The second-order valence-corrected chi connectivity index (χ2v) is 5.88. The van der Waals surface area contributed by atoms with Crippen LogP contribution in [0.4, 0.5) is 4.79 Å². The van der Waals surface area contributed by atoms with Crippen molar-refractivity contribution >= 4 is 6.09 Å². The van der Waals surface area contributed by atoms with Crippen LogP contribution in [0.1, 0.15) is 32.1 Å². The van der Waals surface area contributed by atoms with Gasteiger partial charge in [0.05, 0.1) is 0 Å². The zero-order valence-electron chi connectivity index (χ0n) is 11.8. The van der Waals surface area contributed by atoms with Crippen LogP contribution >= 0.6 is 0 Å². The molecule has 110 valence electrons. The molecule has 0 spiro atoms. The number of hydrogen-bond acceptors (Lipinski definition) is 3. The monoisotopic (exact) mass is 269 g/mol. The van der Waals surface area contributed by atoms with Crippen LogP contribution in [0.15, 0.2) is 0 Å². The van der Waals surface area contributed by atoms with E-state index < -0.39 is 6.09 Å². The average Bonchev–Trinajstić information content (AvgIpc) is 2.42. The number of carbonyl (C=O) groups is 1. The van der Waals surface area contributed by atoms with Crippen LogP contribution in [-0.4, -0.2) is 66.8 Å². The first kappa shape index (κ1) is 14.6. The number of nitrogens with zero attached hydrogens (tertiary/aromatic N) is 2. The van der Waals surface area contributed by atoms with Crippen LogP contribution in [0.5, 0.6) is 0 Å². The summed E-state index contributed by atoms with van der Waals surface area (Å²) in [6.45, 7) is 7.10. The molecule has 0 radical (unpaired) electrons. The minimum absolute atomic E-state index is 0.540. The molecule has 0 atom stereocenters. The molecule has 0 aromatic carbocycles. The Morgan fingerprint density at radius 3 is 2.32 bits per heavy atom. The molecule has 2 fully saturated rings. The van der Waals surface area contributed by atoms with E-state index in [9.17, 15) is 4.79 Å². The molecule has 0 aromatic heterocycles. The molecule has 0 aromatic rings. The Bertz CT molecular complexity index is 272. The standard InChI is InChI=1S/C14H27N3O2/c18-14(19)15-6-7-16-8-10-17(11-9-16)12-13-4-2-1-3-5-13/h13,15H,1-12H2,(H,18,19). The molecule has 1 heterocycles. The zero-order chi connectivity index (χ0) is 13.5. The molecule has 1 amide bonds. The molecule has 19 heavy (non-hydrogen) atoms. The summed E-state index contributed by atoms with van der Waals surface area (Å²) in [7, 11) is 0. The highest BCUT2D eigenvalue weighted by molar-refractivity contribution is 5.64. The van der Waals surface area contributed by atoms with E-state index >= 15 is 0 Å². The van der Waals surface area contributed by atoms with Gasteiger partial charge in [0.2, 0.25) is 0 Å². The first-order valence-electron chi connectivity index (χ1n) is 7.65. The Kier molecular flexibility index (Phi) is 5.92. The lowest BCUT2D eigenvalue weighted by Crippen LogP contribution is -2.49. The average molecular weight is 269 g/mol. The molecule has 1 saturated carbocycles. The van der Waals surface area contributed by atoms with Crippen molar-refractivity contribution in [1.29, 1.82) is 0 Å². The summed E-state index contributed by atoms with van der Waals surface area (Å²) < 4.78 is 0. The zero-order valence-corrected chi connectivity index (χ0v) is 11.8. The molecule has 5 nitrogen and oxygen atoms in total. The molecule has 1 saturated heterocycles. The van der Waals surface area contributed by atoms with E-state index in [0.717, 1.165) is 38.6 Å². The van der Waals surface area contributed by atoms with Gasteiger partial charge in [-0.05, 0) is 18.8 Å². The van der Waals surface area contributed by atoms with E-state index in [2.05, 4.69) is 15.1 Å². The van der Waals surface area contributed by atoms with Gasteiger partial charge in [0.15, 0.2) is 0 Å². The smallest absolute Gasteiger partial charge is 0.404 e. The number of rotatable bonds is 5. The number of piperazine rings is 1. The van der Waals surface area contributed by atoms with E-state index in [1.54, 1.807) is 0 Å². The molecule has 2 rings (SSSR count). The number of carboxylic acid groups (broad SMARTS) is 1. The highest BCUT2D eigenvalue weighted by atomic mass is 16.4. The lowest BCUT2D eigenvalue weighted by Gasteiger charge is -2.37.